The first-order valence-electron chi connectivity index (χ1n) is 12.4. The van der Waals surface area contributed by atoms with E-state index in [1.807, 2.05) is 26.0 Å². The Kier molecular flexibility index (Phi) is 12.1. The quantitative estimate of drug-likeness (QED) is 0.353. The molecule has 0 aliphatic heterocycles. The van der Waals surface area contributed by atoms with E-state index < -0.39 is 5.60 Å². The van der Waals surface area contributed by atoms with Crippen LogP contribution >= 0.6 is 0 Å². The molecule has 2 aromatic carbocycles. The van der Waals surface area contributed by atoms with Gasteiger partial charge in [0.2, 0.25) is 0 Å². The summed E-state index contributed by atoms with van der Waals surface area (Å²) in [7, 11) is 0. The van der Waals surface area contributed by atoms with Crippen LogP contribution in [0.5, 0.6) is 0 Å². The summed E-state index contributed by atoms with van der Waals surface area (Å²) in [4.78, 5) is 0. The highest BCUT2D eigenvalue weighted by atomic mass is 16.5. The normalized spacial score (nSPS) is 13.9. The van der Waals surface area contributed by atoms with Crippen molar-refractivity contribution in [2.45, 2.75) is 79.4 Å². The van der Waals surface area contributed by atoms with Crippen molar-refractivity contribution < 1.29 is 9.84 Å². The first-order chi connectivity index (χ1) is 15.4. The summed E-state index contributed by atoms with van der Waals surface area (Å²) in [6.45, 7) is 21.4. The van der Waals surface area contributed by atoms with E-state index in [1.54, 1.807) is 0 Å². The molecule has 2 atom stereocenters. The van der Waals surface area contributed by atoms with Gasteiger partial charge in [0.1, 0.15) is 0 Å². The molecule has 2 nitrogen and oxygen atoms in total. The van der Waals surface area contributed by atoms with Gasteiger partial charge in [-0.05, 0) is 75.3 Å². The molecule has 0 saturated carbocycles. The third-order valence-corrected chi connectivity index (χ3v) is 6.58. The molecular weight excluding hydrogens is 404 g/mol. The molecule has 0 bridgehead atoms. The predicted molar refractivity (Wildman–Crippen MR) is 143 cm³/mol. The molecule has 0 aromatic heterocycles. The van der Waals surface area contributed by atoms with Gasteiger partial charge >= 0.3 is 0 Å². The molecule has 2 rings (SSSR count). The Hall–Kier alpha value is -1.90. The monoisotopic (exact) mass is 452 g/mol. The summed E-state index contributed by atoms with van der Waals surface area (Å²) < 4.78 is 5.96. The third kappa shape index (κ3) is 10.7. The molecule has 2 heteroatoms. The summed E-state index contributed by atoms with van der Waals surface area (Å²) in [6.07, 6.45) is 3.83. The minimum atomic E-state index is -0.607. The van der Waals surface area contributed by atoms with E-state index in [-0.39, 0.29) is 5.60 Å². The molecule has 0 aliphatic carbocycles. The van der Waals surface area contributed by atoms with Crippen LogP contribution in [0, 0.1) is 23.7 Å². The van der Waals surface area contributed by atoms with Crippen molar-refractivity contribution in [3.05, 3.63) is 84.4 Å². The molecule has 184 valence electrons. The van der Waals surface area contributed by atoms with Crippen LogP contribution < -0.4 is 0 Å². The number of aliphatic hydroxyl groups is 1. The molecule has 33 heavy (non-hydrogen) atoms. The standard InChI is InChI=1S/C17H26O.C14H22O/c1-6-12-18-17(4,5)16(14(2)3)13-15-10-8-7-9-11-15;1-11(2)13(14(3,4)15)10-12-8-6-5-7-9-12/h6-11,14,16H,1,12-13H2,2-5H3;5-9,11,13,15H,10H2,1-4H3/t16-;13-/m00/s1. The largest absolute Gasteiger partial charge is 0.390 e. The van der Waals surface area contributed by atoms with Gasteiger partial charge < -0.3 is 9.84 Å². The topological polar surface area (TPSA) is 29.5 Å². The SMILES string of the molecule is C=CCOC(C)(C)[C@@H](Cc1ccccc1)C(C)C.CC(C)[C@H](Cc1ccccc1)C(C)(C)O. The predicted octanol–water partition coefficient (Wildman–Crippen LogP) is 7.75. The Morgan fingerprint density at radius 3 is 1.48 bits per heavy atom. The number of ether oxygens (including phenoxy) is 1. The molecular formula is C31H48O2. The fraction of sp³-hybridized carbons (Fsp3) is 0.548. The van der Waals surface area contributed by atoms with Crippen molar-refractivity contribution in [3.8, 4) is 0 Å². The zero-order chi connectivity index (χ0) is 25.1. The van der Waals surface area contributed by atoms with Crippen LogP contribution in [0.2, 0.25) is 0 Å². The van der Waals surface area contributed by atoms with Crippen LogP contribution in [0.25, 0.3) is 0 Å². The zero-order valence-electron chi connectivity index (χ0n) is 22.3. The van der Waals surface area contributed by atoms with Gasteiger partial charge in [-0.3, -0.25) is 0 Å². The fourth-order valence-corrected chi connectivity index (χ4v) is 4.70. The fourth-order valence-electron chi connectivity index (χ4n) is 4.70. The van der Waals surface area contributed by atoms with Crippen LogP contribution in [-0.2, 0) is 17.6 Å². The molecule has 0 amide bonds. The number of hydrogen-bond donors (Lipinski definition) is 1. The van der Waals surface area contributed by atoms with Gasteiger partial charge in [0.05, 0.1) is 17.8 Å². The Morgan fingerprint density at radius 1 is 0.758 bits per heavy atom. The van der Waals surface area contributed by atoms with E-state index >= 15 is 0 Å². The smallest absolute Gasteiger partial charge is 0.0664 e. The van der Waals surface area contributed by atoms with E-state index in [0.717, 1.165) is 12.8 Å². The average Bonchev–Trinajstić information content (AvgIpc) is 2.75. The molecule has 0 radical (unpaired) electrons. The molecule has 0 heterocycles. The van der Waals surface area contributed by atoms with E-state index in [0.29, 0.717) is 30.3 Å². The lowest BCUT2D eigenvalue weighted by Crippen LogP contribution is -2.39. The number of benzene rings is 2. The highest BCUT2D eigenvalue weighted by Gasteiger charge is 2.32. The van der Waals surface area contributed by atoms with E-state index in [9.17, 15) is 5.11 Å². The highest BCUT2D eigenvalue weighted by Crippen LogP contribution is 2.31. The van der Waals surface area contributed by atoms with E-state index in [4.69, 9.17) is 4.74 Å². The van der Waals surface area contributed by atoms with Crippen molar-refractivity contribution in [1.29, 1.82) is 0 Å². The van der Waals surface area contributed by atoms with Gasteiger partial charge in [-0.1, -0.05) is 94.4 Å². The Labute approximate surface area is 204 Å². The average molecular weight is 453 g/mol. The van der Waals surface area contributed by atoms with Crippen molar-refractivity contribution >= 4 is 0 Å². The second-order valence-corrected chi connectivity index (χ2v) is 10.9. The van der Waals surface area contributed by atoms with Gasteiger partial charge in [0, 0.05) is 0 Å². The molecule has 0 aliphatic rings. The molecule has 1 N–H and O–H groups in total. The molecule has 0 spiro atoms. The second-order valence-electron chi connectivity index (χ2n) is 10.9. The number of rotatable bonds is 11. The summed E-state index contributed by atoms with van der Waals surface area (Å²) in [5.74, 6) is 1.88. The molecule has 0 unspecified atom stereocenters. The van der Waals surface area contributed by atoms with Crippen molar-refractivity contribution in [2.75, 3.05) is 6.61 Å². The van der Waals surface area contributed by atoms with Crippen LogP contribution in [0.15, 0.2) is 73.3 Å². The first kappa shape index (κ1) is 29.1. The minimum Gasteiger partial charge on any atom is -0.390 e. The lowest BCUT2D eigenvalue weighted by atomic mass is 9.78. The summed E-state index contributed by atoms with van der Waals surface area (Å²) in [6, 6.07) is 21.0. The molecule has 2 aromatic rings. The lowest BCUT2D eigenvalue weighted by Gasteiger charge is -2.37. The zero-order valence-corrected chi connectivity index (χ0v) is 22.3. The van der Waals surface area contributed by atoms with Crippen LogP contribution in [0.1, 0.15) is 66.5 Å². The van der Waals surface area contributed by atoms with E-state index in [2.05, 4.69) is 103 Å². The maximum Gasteiger partial charge on any atom is 0.0664 e. The Balaban J connectivity index is 0.000000335. The minimum absolute atomic E-state index is 0.127. The van der Waals surface area contributed by atoms with Crippen LogP contribution in [-0.4, -0.2) is 22.9 Å². The van der Waals surface area contributed by atoms with Crippen LogP contribution in [0.3, 0.4) is 0 Å². The van der Waals surface area contributed by atoms with Crippen molar-refractivity contribution in [2.24, 2.45) is 23.7 Å². The van der Waals surface area contributed by atoms with Gasteiger partial charge in [-0.15, -0.1) is 6.58 Å². The van der Waals surface area contributed by atoms with Gasteiger partial charge in [-0.25, -0.2) is 0 Å². The summed E-state index contributed by atoms with van der Waals surface area (Å²) in [5.41, 5.74) is 1.95. The Morgan fingerprint density at radius 2 is 1.15 bits per heavy atom. The highest BCUT2D eigenvalue weighted by molar-refractivity contribution is 5.17. The van der Waals surface area contributed by atoms with E-state index in [1.165, 1.54) is 11.1 Å². The maximum absolute atomic E-state index is 10.1. The second kappa shape index (κ2) is 13.7. The van der Waals surface area contributed by atoms with Crippen molar-refractivity contribution in [1.82, 2.24) is 0 Å². The van der Waals surface area contributed by atoms with Gasteiger partial charge in [0.15, 0.2) is 0 Å². The third-order valence-electron chi connectivity index (χ3n) is 6.58. The van der Waals surface area contributed by atoms with Gasteiger partial charge in [0.25, 0.3) is 0 Å². The number of hydrogen-bond acceptors (Lipinski definition) is 2. The summed E-state index contributed by atoms with van der Waals surface area (Å²) >= 11 is 0. The molecule has 0 fully saturated rings. The van der Waals surface area contributed by atoms with Crippen LogP contribution in [0.4, 0.5) is 0 Å². The summed E-state index contributed by atoms with van der Waals surface area (Å²) in [5, 5.41) is 10.1. The first-order valence-corrected chi connectivity index (χ1v) is 12.4. The molecule has 0 saturated heterocycles. The van der Waals surface area contributed by atoms with Gasteiger partial charge in [-0.2, -0.15) is 0 Å². The van der Waals surface area contributed by atoms with Crippen molar-refractivity contribution in [3.63, 3.8) is 0 Å². The maximum atomic E-state index is 10.1. The Bertz CT molecular complexity index is 770. The lowest BCUT2D eigenvalue weighted by molar-refractivity contribution is -0.0611.